The topological polar surface area (TPSA) is 90.5 Å². The van der Waals surface area contributed by atoms with Crippen molar-refractivity contribution in [3.63, 3.8) is 0 Å². The van der Waals surface area contributed by atoms with E-state index in [0.717, 1.165) is 6.07 Å². The van der Waals surface area contributed by atoms with Crippen LogP contribution in [0.4, 0.5) is 23.4 Å². The Morgan fingerprint density at radius 1 is 1.08 bits per heavy atom. The van der Waals surface area contributed by atoms with Crippen LogP contribution in [0, 0.1) is 12.7 Å². The Hall–Kier alpha value is -4.35. The van der Waals surface area contributed by atoms with Gasteiger partial charge in [0.05, 0.1) is 28.7 Å². The summed E-state index contributed by atoms with van der Waals surface area (Å²) >= 11 is 0. The van der Waals surface area contributed by atoms with Gasteiger partial charge in [0.1, 0.15) is 40.7 Å². The van der Waals surface area contributed by atoms with Crippen LogP contribution in [0.25, 0.3) is 27.6 Å². The number of aryl methyl sites for hydroxylation is 1. The summed E-state index contributed by atoms with van der Waals surface area (Å²) in [4.78, 5) is 27.1. The van der Waals surface area contributed by atoms with Gasteiger partial charge >= 0.3 is 0 Å². The van der Waals surface area contributed by atoms with Gasteiger partial charge in [-0.2, -0.15) is 5.10 Å². The van der Waals surface area contributed by atoms with Gasteiger partial charge < -0.3 is 9.88 Å². The minimum Gasteiger partial charge on any atom is -0.363 e. The standard InChI is InChI=1S/C27H23F4N7O/c1-14(16-5-3-6-17(21(16)29)24(30)31)33-25-18-11-37(27(13-28)8-9-27)26(39)23(22(18)34-15(2)35-25)38-12-20-19(36-38)7-4-10-32-20/h3-7,10-12,14,24H,8-9,13H2,1-2H3,(H,33,34,35)/t14-/m1/s1. The number of fused-ring (bicyclic) bond motifs is 2. The van der Waals surface area contributed by atoms with E-state index in [0.29, 0.717) is 35.1 Å². The molecule has 0 bridgehead atoms. The lowest BCUT2D eigenvalue weighted by atomic mass is 10.0. The third-order valence-corrected chi connectivity index (χ3v) is 7.17. The van der Waals surface area contributed by atoms with Crippen molar-refractivity contribution < 1.29 is 17.6 Å². The summed E-state index contributed by atoms with van der Waals surface area (Å²) in [5, 5.41) is 7.99. The van der Waals surface area contributed by atoms with Crippen molar-refractivity contribution in [1.82, 2.24) is 29.3 Å². The number of rotatable bonds is 7. The molecule has 0 aliphatic heterocycles. The number of hydrogen-bond donors (Lipinski definition) is 1. The fraction of sp³-hybridized carbons (Fsp3) is 0.296. The molecule has 1 aliphatic carbocycles. The van der Waals surface area contributed by atoms with Gasteiger partial charge in [0.25, 0.3) is 12.0 Å². The van der Waals surface area contributed by atoms with Gasteiger partial charge in [-0.1, -0.05) is 18.2 Å². The van der Waals surface area contributed by atoms with Crippen molar-refractivity contribution in [2.24, 2.45) is 0 Å². The molecular formula is C27H23F4N7O. The van der Waals surface area contributed by atoms with Crippen molar-refractivity contribution in [2.45, 2.75) is 44.7 Å². The average Bonchev–Trinajstić information content (AvgIpc) is 3.59. The molecule has 4 aromatic heterocycles. The Kier molecular flexibility index (Phi) is 5.85. The molecule has 0 radical (unpaired) electrons. The normalized spacial score (nSPS) is 15.3. The van der Waals surface area contributed by atoms with Crippen LogP contribution >= 0.6 is 0 Å². The molecule has 1 N–H and O–H groups in total. The lowest BCUT2D eigenvalue weighted by Crippen LogP contribution is -2.34. The maximum Gasteiger partial charge on any atom is 0.279 e. The molecule has 0 spiro atoms. The van der Waals surface area contributed by atoms with E-state index in [4.69, 9.17) is 0 Å². The molecular weight excluding hydrogens is 514 g/mol. The van der Waals surface area contributed by atoms with Crippen molar-refractivity contribution in [3.05, 3.63) is 82.0 Å². The molecule has 12 heteroatoms. The Morgan fingerprint density at radius 2 is 1.85 bits per heavy atom. The van der Waals surface area contributed by atoms with Crippen molar-refractivity contribution >= 4 is 27.8 Å². The number of halogens is 4. The average molecular weight is 538 g/mol. The monoisotopic (exact) mass is 537 g/mol. The van der Waals surface area contributed by atoms with Gasteiger partial charge in [-0.05, 0) is 38.8 Å². The first kappa shape index (κ1) is 25.0. The lowest BCUT2D eigenvalue weighted by Gasteiger charge is -2.21. The van der Waals surface area contributed by atoms with Crippen LogP contribution in [0.5, 0.6) is 0 Å². The second kappa shape index (κ2) is 9.14. The largest absolute Gasteiger partial charge is 0.363 e. The predicted octanol–water partition coefficient (Wildman–Crippen LogP) is 5.54. The molecule has 1 saturated carbocycles. The quantitative estimate of drug-likeness (QED) is 0.274. The van der Waals surface area contributed by atoms with Gasteiger partial charge in [-0.3, -0.25) is 9.78 Å². The molecule has 0 unspecified atom stereocenters. The van der Waals surface area contributed by atoms with Gasteiger partial charge in [-0.25, -0.2) is 32.2 Å². The van der Waals surface area contributed by atoms with Crippen molar-refractivity contribution in [3.8, 4) is 5.69 Å². The van der Waals surface area contributed by atoms with Gasteiger partial charge in [-0.15, -0.1) is 0 Å². The summed E-state index contributed by atoms with van der Waals surface area (Å²) in [6.07, 6.45) is 2.71. The first-order valence-electron chi connectivity index (χ1n) is 12.4. The van der Waals surface area contributed by atoms with Gasteiger partial charge in [0.2, 0.25) is 0 Å². The third kappa shape index (κ3) is 4.10. The molecule has 1 atom stereocenters. The van der Waals surface area contributed by atoms with Crippen LogP contribution in [0.15, 0.2) is 53.7 Å². The zero-order valence-electron chi connectivity index (χ0n) is 21.0. The number of anilines is 1. The maximum absolute atomic E-state index is 14.9. The maximum atomic E-state index is 14.9. The van der Waals surface area contributed by atoms with Crippen molar-refractivity contribution in [1.29, 1.82) is 0 Å². The summed E-state index contributed by atoms with van der Waals surface area (Å²) in [6, 6.07) is 6.52. The Labute approximate surface area is 219 Å². The molecule has 39 heavy (non-hydrogen) atoms. The molecule has 1 fully saturated rings. The highest BCUT2D eigenvalue weighted by molar-refractivity contribution is 5.94. The van der Waals surface area contributed by atoms with E-state index in [1.165, 1.54) is 27.6 Å². The highest BCUT2D eigenvalue weighted by Crippen LogP contribution is 2.44. The number of pyridine rings is 2. The molecule has 4 heterocycles. The Morgan fingerprint density at radius 3 is 2.54 bits per heavy atom. The molecule has 0 saturated heterocycles. The predicted molar refractivity (Wildman–Crippen MR) is 138 cm³/mol. The number of benzene rings is 1. The van der Waals surface area contributed by atoms with Crippen LogP contribution < -0.4 is 10.9 Å². The summed E-state index contributed by atoms with van der Waals surface area (Å²) in [7, 11) is 0. The number of hydrogen-bond acceptors (Lipinski definition) is 6. The molecule has 1 aromatic carbocycles. The summed E-state index contributed by atoms with van der Waals surface area (Å²) in [6.45, 7) is 2.51. The minimum atomic E-state index is -2.97. The Balaban J connectivity index is 1.57. The first-order valence-corrected chi connectivity index (χ1v) is 12.4. The smallest absolute Gasteiger partial charge is 0.279 e. The van der Waals surface area contributed by atoms with E-state index in [9.17, 15) is 22.4 Å². The first-order chi connectivity index (χ1) is 18.7. The summed E-state index contributed by atoms with van der Waals surface area (Å²) in [5.74, 6) is -0.463. The number of aromatic nitrogens is 6. The Bertz CT molecular complexity index is 1760. The summed E-state index contributed by atoms with van der Waals surface area (Å²) in [5.41, 5.74) is -0.677. The molecule has 5 aromatic rings. The van der Waals surface area contributed by atoms with Crippen molar-refractivity contribution in [2.75, 3.05) is 12.0 Å². The molecule has 6 rings (SSSR count). The number of nitrogens with one attached hydrogen (secondary N) is 1. The second-order valence-electron chi connectivity index (χ2n) is 9.79. The number of nitrogens with zero attached hydrogens (tertiary/aromatic N) is 6. The van der Waals surface area contributed by atoms with E-state index in [2.05, 4.69) is 25.4 Å². The molecule has 8 nitrogen and oxygen atoms in total. The van der Waals surface area contributed by atoms with E-state index in [1.807, 2.05) is 0 Å². The third-order valence-electron chi connectivity index (χ3n) is 7.17. The van der Waals surface area contributed by atoms with Crippen LogP contribution in [-0.2, 0) is 5.54 Å². The SMILES string of the molecule is Cc1nc(N[C@H](C)c2cccc(C(F)F)c2F)c2cn(C3(CF)CC3)c(=O)c(-n3cc4ncccc4n3)c2n1. The van der Waals surface area contributed by atoms with E-state index >= 15 is 0 Å². The van der Waals surface area contributed by atoms with E-state index < -0.39 is 41.6 Å². The second-order valence-corrected chi connectivity index (χ2v) is 9.79. The molecule has 0 amide bonds. The summed E-state index contributed by atoms with van der Waals surface area (Å²) < 4.78 is 58.5. The van der Waals surface area contributed by atoms with Crippen LogP contribution in [0.3, 0.4) is 0 Å². The highest BCUT2D eigenvalue weighted by Gasteiger charge is 2.46. The fourth-order valence-corrected chi connectivity index (χ4v) is 4.86. The zero-order chi connectivity index (χ0) is 27.5. The van der Waals surface area contributed by atoms with E-state index in [-0.39, 0.29) is 22.6 Å². The van der Waals surface area contributed by atoms with Gasteiger partial charge in [0, 0.05) is 18.0 Å². The van der Waals surface area contributed by atoms with Crippen LogP contribution in [0.1, 0.15) is 49.2 Å². The molecule has 200 valence electrons. The molecule has 1 aliphatic rings. The van der Waals surface area contributed by atoms with Crippen LogP contribution in [-0.4, -0.2) is 36.0 Å². The van der Waals surface area contributed by atoms with Gasteiger partial charge in [0.15, 0.2) is 5.69 Å². The lowest BCUT2D eigenvalue weighted by molar-refractivity contribution is 0.146. The van der Waals surface area contributed by atoms with Crippen LogP contribution in [0.2, 0.25) is 0 Å². The zero-order valence-corrected chi connectivity index (χ0v) is 21.0. The highest BCUT2D eigenvalue weighted by atomic mass is 19.3. The fourth-order valence-electron chi connectivity index (χ4n) is 4.86. The number of alkyl halides is 3. The minimum absolute atomic E-state index is 0.0255. The van der Waals surface area contributed by atoms with E-state index in [1.54, 1.807) is 38.4 Å².